The number of esters is 2. The molecule has 1 amide bonds. The number of sulfone groups is 1. The molecule has 5 rings (SSSR count). The number of hydrogen-bond acceptors (Lipinski definition) is 18. The zero-order valence-corrected chi connectivity index (χ0v) is 44.6. The van der Waals surface area contributed by atoms with Crippen LogP contribution in [0.5, 0.6) is 0 Å². The van der Waals surface area contributed by atoms with Crippen LogP contribution in [0.25, 0.3) is 0 Å². The predicted octanol–water partition coefficient (Wildman–Crippen LogP) is 3.77. The Morgan fingerprint density at radius 1 is 1.08 bits per heavy atom. The third-order valence-electron chi connectivity index (χ3n) is 14.4. The number of aliphatic hydroxyl groups is 2. The number of alkyl halides is 1. The van der Waals surface area contributed by atoms with Crippen LogP contribution in [0, 0.1) is 17.8 Å². The van der Waals surface area contributed by atoms with Crippen molar-refractivity contribution >= 4 is 33.5 Å². The summed E-state index contributed by atoms with van der Waals surface area (Å²) >= 11 is 0. The number of nitrogens with zero attached hydrogens (tertiary/aromatic N) is 4. The summed E-state index contributed by atoms with van der Waals surface area (Å²) in [6.45, 7) is 14.5. The monoisotopic (exact) mass is 1040 g/mol. The number of carbonyl (C=O) groups is 4. The highest BCUT2D eigenvalue weighted by Gasteiger charge is 2.53. The van der Waals surface area contributed by atoms with Crippen molar-refractivity contribution in [1.82, 2.24) is 25.2 Å². The number of carbonyl (C=O) groups excluding carboxylic acids is 4. The lowest BCUT2D eigenvalue weighted by atomic mass is 9.76. The van der Waals surface area contributed by atoms with Crippen molar-refractivity contribution in [3.8, 4) is 0 Å². The molecule has 1 aromatic heterocycles. The summed E-state index contributed by atoms with van der Waals surface area (Å²) in [5.74, 6) is -5.31. The minimum atomic E-state index is -3.46. The van der Waals surface area contributed by atoms with Crippen LogP contribution in [0.3, 0.4) is 0 Å². The van der Waals surface area contributed by atoms with Gasteiger partial charge in [-0.3, -0.25) is 24.1 Å². The van der Waals surface area contributed by atoms with Crippen LogP contribution in [0.4, 0.5) is 4.39 Å². The summed E-state index contributed by atoms with van der Waals surface area (Å²) in [5.41, 5.74) is -1.42. The van der Waals surface area contributed by atoms with Gasteiger partial charge in [-0.05, 0) is 72.2 Å². The van der Waals surface area contributed by atoms with Crippen molar-refractivity contribution in [1.29, 1.82) is 0 Å². The largest absolute Gasteiger partial charge is 0.459 e. The summed E-state index contributed by atoms with van der Waals surface area (Å²) in [6.07, 6.45) is -5.25. The molecule has 20 nitrogen and oxygen atoms in total. The number of Topliss-reactive ketones (excluding diaryl/α,β-unsaturated/α-hetero) is 1. The van der Waals surface area contributed by atoms with Crippen LogP contribution < -0.4 is 5.32 Å². The van der Waals surface area contributed by atoms with Crippen molar-refractivity contribution in [2.24, 2.45) is 17.8 Å². The smallest absolute Gasteiger partial charge is 0.311 e. The maximum Gasteiger partial charge on any atom is 0.311 e. The van der Waals surface area contributed by atoms with Crippen molar-refractivity contribution in [3.05, 3.63) is 53.0 Å². The van der Waals surface area contributed by atoms with Gasteiger partial charge in [0.2, 0.25) is 5.91 Å². The Morgan fingerprint density at radius 2 is 1.75 bits per heavy atom. The molecule has 0 radical (unpaired) electrons. The van der Waals surface area contributed by atoms with Crippen LogP contribution in [0.15, 0.2) is 46.6 Å². The second-order valence-corrected chi connectivity index (χ2v) is 22.3. The standard InChI is InChI=1S/C50H76FN5O15S/c1-14-40-50(10,62)46-29(4)41(52-32(7)57)27(2)22-49(9,67-26-36(59)25-66-46)45(30(5)42(60)31(6)47(61)70-40)71-48-44(69-33(8)58)38(21-28(3)68-48)55(11)20-19-35-24-56(54-53-35)39(23-51)43(65-12)34-15-17-37(18-16-34)72(13,63)64/h15-18,24,28-31,38-40,42-46,48,60,62H,14,19-23,25-26H2,1-13H3,(H,52,57)/t28-,29+,30+,31-,38+,39-,40-,42+,43-,44-,45-,46-,48+,49-,50-/m1/s1. The number of amides is 1. The summed E-state index contributed by atoms with van der Waals surface area (Å²) in [4.78, 5) is 55.7. The Morgan fingerprint density at radius 3 is 2.33 bits per heavy atom. The van der Waals surface area contributed by atoms with Crippen LogP contribution in [0.2, 0.25) is 0 Å². The molecule has 3 aliphatic rings. The van der Waals surface area contributed by atoms with E-state index in [0.717, 1.165) is 6.26 Å². The van der Waals surface area contributed by atoms with Crippen LogP contribution >= 0.6 is 0 Å². The number of fused-ring (bicyclic) bond motifs is 4. The fourth-order valence-electron chi connectivity index (χ4n) is 10.5. The number of rotatable bonds is 15. The fraction of sp³-hybridized carbons (Fsp3) is 0.720. The first-order valence-corrected chi connectivity index (χ1v) is 26.4. The number of halogens is 1. The normalized spacial score (nSPS) is 33.3. The summed E-state index contributed by atoms with van der Waals surface area (Å²) in [5, 5.41) is 35.9. The van der Waals surface area contributed by atoms with Crippen molar-refractivity contribution < 1.29 is 75.4 Å². The highest BCUT2D eigenvalue weighted by atomic mass is 32.2. The van der Waals surface area contributed by atoms with E-state index in [2.05, 4.69) is 15.6 Å². The Labute approximate surface area is 422 Å². The number of methoxy groups -OCH3 is 1. The Balaban J connectivity index is 1.51. The number of hydrogen-bond donors (Lipinski definition) is 3. The van der Waals surface area contributed by atoms with E-state index in [0.29, 0.717) is 41.9 Å². The molecule has 1 aromatic carbocycles. The summed E-state index contributed by atoms with van der Waals surface area (Å²) in [6, 6.07) is 4.55. The number of benzene rings is 1. The van der Waals surface area contributed by atoms with Crippen molar-refractivity contribution in [3.63, 3.8) is 0 Å². The molecule has 404 valence electrons. The molecule has 0 unspecified atom stereocenters. The average Bonchev–Trinajstić information content (AvgIpc) is 3.78. The molecule has 2 bridgehead atoms. The number of cyclic esters (lactones) is 1. The topological polar surface area (TPSA) is 253 Å². The number of nitrogens with one attached hydrogen (secondary N) is 1. The molecule has 2 aromatic rings. The van der Waals surface area contributed by atoms with E-state index in [1.165, 1.54) is 51.6 Å². The minimum absolute atomic E-state index is 0.0127. The first-order valence-electron chi connectivity index (χ1n) is 24.5. The number of aliphatic hydroxyl groups excluding tert-OH is 1. The highest BCUT2D eigenvalue weighted by molar-refractivity contribution is 7.90. The number of ether oxygens (including phenoxy) is 7. The SMILES string of the molecule is CC[C@H]1OC(=O)[C@H](C)[C@@H](O)[C@H](C)[C@@H](O[C@@H]2O[C@H](C)C[C@H](N(C)CCc3cn([C@H](CF)[C@H](OC)c4ccc(S(C)(=O)=O)cc4)nn3)[C@H]2OC(C)=O)[C@@]2(C)CC(C)=C(NC(C)=O)[C@H](C)[C@@H](OCC(=O)CO2)[C@]1(C)O. The van der Waals surface area contributed by atoms with E-state index < -0.39 is 143 Å². The van der Waals surface area contributed by atoms with Gasteiger partial charge < -0.3 is 48.7 Å². The molecule has 0 aliphatic carbocycles. The number of likely N-dealkylation sites (N-methyl/N-ethyl adjacent to an activating group) is 1. The van der Waals surface area contributed by atoms with Crippen LogP contribution in [-0.2, 0) is 68.6 Å². The lowest BCUT2D eigenvalue weighted by molar-refractivity contribution is -0.304. The Hall–Kier alpha value is -4.26. The second-order valence-electron chi connectivity index (χ2n) is 20.3. The van der Waals surface area contributed by atoms with E-state index >= 15 is 0 Å². The van der Waals surface area contributed by atoms with Gasteiger partial charge in [0.05, 0.1) is 52.6 Å². The van der Waals surface area contributed by atoms with Crippen molar-refractivity contribution in [2.45, 2.75) is 172 Å². The first kappa shape index (κ1) is 58.6. The molecular formula is C50H76FN5O15S. The van der Waals surface area contributed by atoms with E-state index in [-0.39, 0.29) is 17.7 Å². The van der Waals surface area contributed by atoms with E-state index in [1.807, 2.05) is 18.9 Å². The Kier molecular flexibility index (Phi) is 19.9. The van der Waals surface area contributed by atoms with Gasteiger partial charge in [-0.15, -0.1) is 5.10 Å². The maximum atomic E-state index is 14.8. The zero-order valence-electron chi connectivity index (χ0n) is 43.8. The van der Waals surface area contributed by atoms with E-state index in [9.17, 15) is 42.2 Å². The maximum absolute atomic E-state index is 14.8. The molecule has 22 heteroatoms. The molecule has 3 N–H and O–H groups in total. The van der Waals surface area contributed by atoms with Gasteiger partial charge in [-0.1, -0.05) is 43.7 Å². The van der Waals surface area contributed by atoms with Gasteiger partial charge in [0.1, 0.15) is 43.7 Å². The van der Waals surface area contributed by atoms with Gasteiger partial charge >= 0.3 is 11.9 Å². The lowest BCUT2D eigenvalue weighted by Gasteiger charge is -2.49. The van der Waals surface area contributed by atoms with Gasteiger partial charge in [-0.2, -0.15) is 0 Å². The molecule has 4 heterocycles. The zero-order chi connectivity index (χ0) is 53.6. The molecule has 3 aliphatic heterocycles. The molecular weight excluding hydrogens is 962 g/mol. The van der Waals surface area contributed by atoms with Crippen molar-refractivity contribution in [2.75, 3.05) is 46.8 Å². The third-order valence-corrected chi connectivity index (χ3v) is 15.5. The third kappa shape index (κ3) is 13.7. The molecule has 0 spiro atoms. The molecule has 1 saturated heterocycles. The molecule has 0 saturated carbocycles. The Bertz CT molecular complexity index is 2350. The van der Waals surface area contributed by atoms with Gasteiger partial charge in [0.25, 0.3) is 0 Å². The van der Waals surface area contributed by atoms with Crippen LogP contribution in [-0.4, -0.2) is 169 Å². The second kappa shape index (κ2) is 24.4. The molecule has 72 heavy (non-hydrogen) atoms. The predicted molar refractivity (Wildman–Crippen MR) is 258 cm³/mol. The average molecular weight is 1040 g/mol. The summed E-state index contributed by atoms with van der Waals surface area (Å²) < 4.78 is 84.3. The van der Waals surface area contributed by atoms with Gasteiger partial charge in [0, 0.05) is 70.3 Å². The fourth-order valence-corrected chi connectivity index (χ4v) is 11.2. The number of ketones is 1. The highest BCUT2D eigenvalue weighted by Crippen LogP contribution is 2.42. The van der Waals surface area contributed by atoms with E-state index in [1.54, 1.807) is 52.9 Å². The summed E-state index contributed by atoms with van der Waals surface area (Å²) in [7, 11) is -0.194. The first-order chi connectivity index (χ1) is 33.7. The molecule has 1 fully saturated rings. The molecule has 15 atom stereocenters. The van der Waals surface area contributed by atoms with Gasteiger partial charge in [-0.25, -0.2) is 17.5 Å². The number of aromatic nitrogens is 3. The van der Waals surface area contributed by atoms with E-state index in [4.69, 9.17) is 33.2 Å². The van der Waals surface area contributed by atoms with Crippen LogP contribution in [0.1, 0.15) is 112 Å². The quantitative estimate of drug-likeness (QED) is 0.215. The lowest BCUT2D eigenvalue weighted by Crippen LogP contribution is -2.61. The minimum Gasteiger partial charge on any atom is -0.459 e. The van der Waals surface area contributed by atoms with Gasteiger partial charge in [0.15, 0.2) is 28.0 Å².